The molecule has 0 N–H and O–H groups in total. The number of hydrogen-bond donors (Lipinski definition) is 0. The van der Waals surface area contributed by atoms with E-state index in [4.69, 9.17) is 27.9 Å². The Balaban J connectivity index is 2.45. The van der Waals surface area contributed by atoms with E-state index in [2.05, 4.69) is 4.98 Å². The highest BCUT2D eigenvalue weighted by Crippen LogP contribution is 2.32. The molecule has 0 saturated carbocycles. The van der Waals surface area contributed by atoms with Crippen LogP contribution in [0.15, 0.2) is 23.6 Å². The van der Waals surface area contributed by atoms with Crippen LogP contribution in [0, 0.1) is 0 Å². The van der Waals surface area contributed by atoms with Gasteiger partial charge in [0.1, 0.15) is 5.75 Å². The van der Waals surface area contributed by atoms with E-state index in [0.29, 0.717) is 9.49 Å². The second-order valence-corrected chi connectivity index (χ2v) is 4.68. The molecule has 0 aliphatic rings. The number of rotatable bonds is 2. The maximum Gasteiger partial charge on any atom is 0.184 e. The Hall–Kier alpha value is -0.770. The van der Waals surface area contributed by atoms with E-state index < -0.39 is 0 Å². The summed E-state index contributed by atoms with van der Waals surface area (Å²) in [5, 5.41) is 2.48. The third-order valence-corrected chi connectivity index (χ3v) is 3.22. The van der Waals surface area contributed by atoms with Crippen molar-refractivity contribution in [3.63, 3.8) is 0 Å². The van der Waals surface area contributed by atoms with Crippen LogP contribution in [0.4, 0.5) is 0 Å². The van der Waals surface area contributed by atoms with Gasteiger partial charge in [-0.2, -0.15) is 0 Å². The van der Waals surface area contributed by atoms with Gasteiger partial charge >= 0.3 is 0 Å². The maximum absolute atomic E-state index is 6.09. The first-order valence-electron chi connectivity index (χ1n) is 4.15. The van der Waals surface area contributed by atoms with Gasteiger partial charge in [-0.25, -0.2) is 4.98 Å². The first-order valence-corrected chi connectivity index (χ1v) is 5.79. The Morgan fingerprint density at radius 2 is 2.13 bits per heavy atom. The van der Waals surface area contributed by atoms with Gasteiger partial charge in [-0.15, -0.1) is 11.3 Å². The minimum atomic E-state index is 0.511. The molecular formula is C10H7Cl2NOS. The van der Waals surface area contributed by atoms with Crippen molar-refractivity contribution >= 4 is 34.5 Å². The van der Waals surface area contributed by atoms with Crippen LogP contribution in [-0.4, -0.2) is 12.1 Å². The quantitative estimate of drug-likeness (QED) is 0.810. The lowest BCUT2D eigenvalue weighted by atomic mass is 10.2. The minimum Gasteiger partial charge on any atom is -0.497 e. The first-order chi connectivity index (χ1) is 7.20. The molecule has 1 heterocycles. The van der Waals surface area contributed by atoms with E-state index in [-0.39, 0.29) is 0 Å². The van der Waals surface area contributed by atoms with Crippen molar-refractivity contribution in [1.82, 2.24) is 4.98 Å². The van der Waals surface area contributed by atoms with Gasteiger partial charge in [0.25, 0.3) is 0 Å². The fraction of sp³-hybridized carbons (Fsp3) is 0.100. The molecule has 0 atom stereocenters. The molecule has 1 aromatic heterocycles. The largest absolute Gasteiger partial charge is 0.497 e. The third-order valence-electron chi connectivity index (χ3n) is 1.93. The van der Waals surface area contributed by atoms with Crippen LogP contribution in [0.1, 0.15) is 0 Å². The van der Waals surface area contributed by atoms with Crippen LogP contribution in [0.25, 0.3) is 11.3 Å². The van der Waals surface area contributed by atoms with Crippen molar-refractivity contribution in [2.45, 2.75) is 0 Å². The highest BCUT2D eigenvalue weighted by molar-refractivity contribution is 7.14. The van der Waals surface area contributed by atoms with E-state index in [0.717, 1.165) is 17.0 Å². The Morgan fingerprint density at radius 3 is 2.67 bits per heavy atom. The van der Waals surface area contributed by atoms with Gasteiger partial charge in [0.2, 0.25) is 0 Å². The average molecular weight is 260 g/mol. The first kappa shape index (κ1) is 10.7. The molecule has 0 radical (unpaired) electrons. The molecule has 2 nitrogen and oxygen atoms in total. The molecular weight excluding hydrogens is 253 g/mol. The Labute approximate surface area is 101 Å². The number of aromatic nitrogens is 1. The van der Waals surface area contributed by atoms with Crippen LogP contribution in [-0.2, 0) is 0 Å². The molecule has 0 bridgehead atoms. The molecule has 2 rings (SSSR count). The fourth-order valence-electron chi connectivity index (χ4n) is 1.21. The molecule has 78 valence electrons. The van der Waals surface area contributed by atoms with Crippen molar-refractivity contribution in [3.8, 4) is 17.0 Å². The minimum absolute atomic E-state index is 0.511. The smallest absolute Gasteiger partial charge is 0.184 e. The van der Waals surface area contributed by atoms with Crippen molar-refractivity contribution in [2.75, 3.05) is 7.11 Å². The Morgan fingerprint density at radius 1 is 1.33 bits per heavy atom. The lowest BCUT2D eigenvalue weighted by Gasteiger charge is -2.03. The average Bonchev–Trinajstić information content (AvgIpc) is 2.64. The van der Waals surface area contributed by atoms with Crippen molar-refractivity contribution in [2.24, 2.45) is 0 Å². The number of nitrogens with zero attached hydrogens (tertiary/aromatic N) is 1. The van der Waals surface area contributed by atoms with Gasteiger partial charge in [0.05, 0.1) is 17.8 Å². The molecule has 0 unspecified atom stereocenters. The predicted molar refractivity (Wildman–Crippen MR) is 64.1 cm³/mol. The summed E-state index contributed by atoms with van der Waals surface area (Å²) in [6, 6.07) is 5.46. The van der Waals surface area contributed by atoms with Gasteiger partial charge < -0.3 is 4.74 Å². The van der Waals surface area contributed by atoms with Gasteiger partial charge in [0, 0.05) is 10.9 Å². The molecule has 2 aromatic rings. The summed E-state index contributed by atoms with van der Waals surface area (Å²) in [6.07, 6.45) is 0. The zero-order valence-corrected chi connectivity index (χ0v) is 10.2. The molecule has 5 heteroatoms. The van der Waals surface area contributed by atoms with Crippen molar-refractivity contribution in [1.29, 1.82) is 0 Å². The predicted octanol–water partition coefficient (Wildman–Crippen LogP) is 4.13. The molecule has 0 amide bonds. The molecule has 0 fully saturated rings. The standard InChI is InChI=1S/C10H7Cl2NOS/c1-14-6-2-3-7(8(11)4-6)9-5-15-10(12)13-9/h2-5H,1H3. The molecule has 0 saturated heterocycles. The highest BCUT2D eigenvalue weighted by Gasteiger charge is 2.08. The monoisotopic (exact) mass is 259 g/mol. The Bertz CT molecular complexity index is 484. The molecule has 0 spiro atoms. The maximum atomic E-state index is 6.09. The SMILES string of the molecule is COc1ccc(-c2csc(Cl)n2)c(Cl)c1. The molecule has 0 aliphatic carbocycles. The summed E-state index contributed by atoms with van der Waals surface area (Å²) in [5.74, 6) is 0.727. The molecule has 1 aromatic carbocycles. The summed E-state index contributed by atoms with van der Waals surface area (Å²) in [4.78, 5) is 4.16. The number of thiazole rings is 1. The third kappa shape index (κ3) is 2.25. The number of halogens is 2. The van der Waals surface area contributed by atoms with Crippen LogP contribution in [0.2, 0.25) is 9.49 Å². The topological polar surface area (TPSA) is 22.1 Å². The normalized spacial score (nSPS) is 10.3. The van der Waals surface area contributed by atoms with E-state index in [1.807, 2.05) is 17.5 Å². The lowest BCUT2D eigenvalue weighted by molar-refractivity contribution is 0.415. The van der Waals surface area contributed by atoms with E-state index in [9.17, 15) is 0 Å². The molecule has 15 heavy (non-hydrogen) atoms. The van der Waals surface area contributed by atoms with Gasteiger partial charge in [-0.05, 0) is 18.2 Å². The van der Waals surface area contributed by atoms with E-state index >= 15 is 0 Å². The van der Waals surface area contributed by atoms with Crippen LogP contribution in [0.3, 0.4) is 0 Å². The zero-order chi connectivity index (χ0) is 10.8. The van der Waals surface area contributed by atoms with Crippen molar-refractivity contribution in [3.05, 3.63) is 33.1 Å². The number of ether oxygens (including phenoxy) is 1. The lowest BCUT2D eigenvalue weighted by Crippen LogP contribution is -1.84. The summed E-state index contributed by atoms with van der Waals surface area (Å²) in [7, 11) is 1.60. The van der Waals surface area contributed by atoms with Crippen molar-refractivity contribution < 1.29 is 4.74 Å². The van der Waals surface area contributed by atoms with Crippen LogP contribution < -0.4 is 4.74 Å². The summed E-state index contributed by atoms with van der Waals surface area (Å²) >= 11 is 13.2. The van der Waals surface area contributed by atoms with Gasteiger partial charge in [-0.1, -0.05) is 23.2 Å². The van der Waals surface area contributed by atoms with Crippen LogP contribution in [0.5, 0.6) is 5.75 Å². The van der Waals surface area contributed by atoms with Gasteiger partial charge in [-0.3, -0.25) is 0 Å². The second-order valence-electron chi connectivity index (χ2n) is 2.83. The highest BCUT2D eigenvalue weighted by atomic mass is 35.5. The molecule has 0 aliphatic heterocycles. The summed E-state index contributed by atoms with van der Waals surface area (Å²) < 4.78 is 5.57. The Kier molecular flexibility index (Phi) is 3.14. The van der Waals surface area contributed by atoms with Gasteiger partial charge in [0.15, 0.2) is 4.47 Å². The summed E-state index contributed by atoms with van der Waals surface area (Å²) in [5.41, 5.74) is 1.65. The van der Waals surface area contributed by atoms with Crippen LogP contribution >= 0.6 is 34.5 Å². The fourth-order valence-corrected chi connectivity index (χ4v) is 2.24. The number of hydrogen-bond acceptors (Lipinski definition) is 3. The number of methoxy groups -OCH3 is 1. The van der Waals surface area contributed by atoms with E-state index in [1.54, 1.807) is 13.2 Å². The summed E-state index contributed by atoms with van der Waals surface area (Å²) in [6.45, 7) is 0. The van der Waals surface area contributed by atoms with E-state index in [1.165, 1.54) is 11.3 Å². The number of benzene rings is 1. The zero-order valence-electron chi connectivity index (χ0n) is 7.83. The second kappa shape index (κ2) is 4.39.